The summed E-state index contributed by atoms with van der Waals surface area (Å²) in [6.07, 6.45) is -9.34. The van der Waals surface area contributed by atoms with Crippen molar-refractivity contribution in [2.24, 2.45) is 0 Å². The third-order valence-electron chi connectivity index (χ3n) is 6.18. The van der Waals surface area contributed by atoms with Crippen LogP contribution >= 0.6 is 0 Å². The number of ether oxygens (including phenoxy) is 1. The van der Waals surface area contributed by atoms with Gasteiger partial charge < -0.3 is 14.7 Å². The number of aliphatic carboxylic acids is 1. The van der Waals surface area contributed by atoms with Crippen molar-refractivity contribution in [3.05, 3.63) is 64.2 Å². The van der Waals surface area contributed by atoms with Gasteiger partial charge in [0.05, 0.1) is 28.8 Å². The van der Waals surface area contributed by atoms with Crippen molar-refractivity contribution >= 4 is 16.9 Å². The summed E-state index contributed by atoms with van der Waals surface area (Å²) < 4.78 is 105. The first kappa shape index (κ1) is 31.8. The number of hydrogen-bond donors (Lipinski definition) is 1. The summed E-state index contributed by atoms with van der Waals surface area (Å²) in [6.45, 7) is 3.34. The minimum atomic E-state index is -5.08. The average Bonchev–Trinajstić information content (AvgIpc) is 2.87. The number of fused-ring (bicyclic) bond motifs is 1. The molecule has 0 amide bonds. The summed E-state index contributed by atoms with van der Waals surface area (Å²) in [5, 5.41) is 6.65. The van der Waals surface area contributed by atoms with Crippen LogP contribution in [0.3, 0.4) is 0 Å². The maximum absolute atomic E-state index is 13.5. The minimum absolute atomic E-state index is 0.00838. The topological polar surface area (TPSA) is 84.7 Å². The third kappa shape index (κ3) is 8.38. The van der Waals surface area contributed by atoms with Crippen molar-refractivity contribution in [2.75, 3.05) is 26.2 Å². The van der Waals surface area contributed by atoms with Gasteiger partial charge >= 0.3 is 18.3 Å². The molecule has 1 N–H and O–H groups in total. The Labute approximate surface area is 228 Å². The summed E-state index contributed by atoms with van der Waals surface area (Å²) in [7, 11) is 0. The molecule has 1 aliphatic heterocycles. The van der Waals surface area contributed by atoms with Crippen LogP contribution in [0.5, 0.6) is 5.75 Å². The van der Waals surface area contributed by atoms with Gasteiger partial charge in [-0.25, -0.2) is 18.6 Å². The smallest absolute Gasteiger partial charge is 0.490 e. The highest BCUT2D eigenvalue weighted by molar-refractivity contribution is 5.82. The lowest BCUT2D eigenvalue weighted by Crippen LogP contribution is -2.40. The van der Waals surface area contributed by atoms with Gasteiger partial charge in [0.1, 0.15) is 11.6 Å². The van der Waals surface area contributed by atoms with Gasteiger partial charge in [0.15, 0.2) is 0 Å². The van der Waals surface area contributed by atoms with Crippen molar-refractivity contribution in [1.82, 2.24) is 14.5 Å². The summed E-state index contributed by atoms with van der Waals surface area (Å²) in [4.78, 5) is 28.1. The number of hydrogen-bond acceptors (Lipinski definition) is 5. The van der Waals surface area contributed by atoms with Crippen LogP contribution in [0.15, 0.2) is 47.3 Å². The van der Waals surface area contributed by atoms with Crippen molar-refractivity contribution in [2.45, 2.75) is 44.5 Å². The molecule has 1 saturated heterocycles. The number of nitrogens with zero attached hydrogens (tertiary/aromatic N) is 3. The van der Waals surface area contributed by atoms with Crippen LogP contribution in [0.1, 0.15) is 30.7 Å². The lowest BCUT2D eigenvalue weighted by molar-refractivity contribution is -0.192. The summed E-state index contributed by atoms with van der Waals surface area (Å²) in [5.74, 6) is -4.53. The van der Waals surface area contributed by atoms with Crippen LogP contribution in [0.4, 0.5) is 35.1 Å². The van der Waals surface area contributed by atoms with Gasteiger partial charge in [-0.15, -0.1) is 0 Å². The number of aryl methyl sites for hydroxylation is 1. The maximum Gasteiger partial charge on any atom is 0.490 e. The Morgan fingerprint density at radius 2 is 1.61 bits per heavy atom. The van der Waals surface area contributed by atoms with E-state index in [1.807, 2.05) is 4.90 Å². The summed E-state index contributed by atoms with van der Waals surface area (Å²) >= 11 is 0. The van der Waals surface area contributed by atoms with Crippen LogP contribution < -0.4 is 10.3 Å². The first-order valence-corrected chi connectivity index (χ1v) is 12.2. The Bertz CT molecular complexity index is 1410. The zero-order valence-electron chi connectivity index (χ0n) is 21.5. The van der Waals surface area contributed by atoms with Crippen LogP contribution in [0.2, 0.25) is 0 Å². The quantitative estimate of drug-likeness (QED) is 0.285. The monoisotopic (exact) mass is 595 g/mol. The number of alkyl halides is 8. The van der Waals surface area contributed by atoms with Gasteiger partial charge in [-0.1, -0.05) is 6.07 Å². The van der Waals surface area contributed by atoms with E-state index in [4.69, 9.17) is 14.6 Å². The highest BCUT2D eigenvalue weighted by Gasteiger charge is 2.38. The molecule has 3 aromatic rings. The van der Waals surface area contributed by atoms with E-state index in [0.717, 1.165) is 10.6 Å². The third-order valence-corrected chi connectivity index (χ3v) is 6.18. The highest BCUT2D eigenvalue weighted by Crippen LogP contribution is 2.33. The molecule has 0 unspecified atom stereocenters. The van der Waals surface area contributed by atoms with Gasteiger partial charge in [0.25, 0.3) is 11.5 Å². The van der Waals surface area contributed by atoms with E-state index < -0.39 is 40.8 Å². The molecule has 2 heterocycles. The van der Waals surface area contributed by atoms with E-state index in [1.165, 1.54) is 12.1 Å². The van der Waals surface area contributed by atoms with Gasteiger partial charge in [0, 0.05) is 32.5 Å². The molecule has 4 rings (SSSR count). The fraction of sp³-hybridized carbons (Fsp3) is 0.423. The maximum atomic E-state index is 13.5. The minimum Gasteiger partial charge on any atom is -0.494 e. The Hall–Kier alpha value is -3.75. The van der Waals surface area contributed by atoms with Gasteiger partial charge in [-0.05, 0) is 49.7 Å². The number of carboxylic acids is 1. The number of piperidine rings is 1. The van der Waals surface area contributed by atoms with Gasteiger partial charge in [-0.2, -0.15) is 26.3 Å². The molecule has 0 atom stereocenters. The van der Waals surface area contributed by atoms with Crippen molar-refractivity contribution < 1.29 is 49.8 Å². The molecule has 15 heteroatoms. The molecular formula is C26H25F8N3O4. The molecular weight excluding hydrogens is 570 g/mol. The molecule has 2 aromatic carbocycles. The zero-order valence-corrected chi connectivity index (χ0v) is 21.5. The van der Waals surface area contributed by atoms with E-state index >= 15 is 0 Å². The SMILES string of the molecule is Cc1nc2cccc(C(F)(F)F)c2c(=O)n1-c1ccc(OCCCN2CCC(F)(F)CC2)cc1.O=C(O)C(F)(F)F. The van der Waals surface area contributed by atoms with E-state index in [9.17, 15) is 39.9 Å². The molecule has 1 aliphatic rings. The number of likely N-dealkylation sites (tertiary alicyclic amines) is 1. The van der Waals surface area contributed by atoms with Crippen molar-refractivity contribution in [1.29, 1.82) is 0 Å². The van der Waals surface area contributed by atoms with Gasteiger partial charge in [0.2, 0.25) is 0 Å². The largest absolute Gasteiger partial charge is 0.494 e. The summed E-state index contributed by atoms with van der Waals surface area (Å²) in [5.41, 5.74) is -1.45. The first-order valence-electron chi connectivity index (χ1n) is 12.2. The first-order chi connectivity index (χ1) is 19.0. The van der Waals surface area contributed by atoms with E-state index in [0.29, 0.717) is 44.1 Å². The molecule has 7 nitrogen and oxygen atoms in total. The zero-order chi connectivity index (χ0) is 30.6. The molecule has 41 heavy (non-hydrogen) atoms. The normalized spacial score (nSPS) is 15.7. The fourth-order valence-corrected chi connectivity index (χ4v) is 4.15. The van der Waals surface area contributed by atoms with E-state index in [2.05, 4.69) is 4.98 Å². The second kappa shape index (κ2) is 12.4. The Balaban J connectivity index is 0.000000587. The van der Waals surface area contributed by atoms with Crippen molar-refractivity contribution in [3.8, 4) is 11.4 Å². The lowest BCUT2D eigenvalue weighted by atomic mass is 10.1. The molecule has 0 radical (unpaired) electrons. The molecule has 1 fully saturated rings. The number of carboxylic acid groups (broad SMARTS) is 1. The van der Waals surface area contributed by atoms with Crippen LogP contribution in [-0.4, -0.2) is 63.9 Å². The van der Waals surface area contributed by atoms with E-state index in [1.54, 1.807) is 31.2 Å². The lowest BCUT2D eigenvalue weighted by Gasteiger charge is -2.31. The second-order valence-corrected chi connectivity index (χ2v) is 9.19. The summed E-state index contributed by atoms with van der Waals surface area (Å²) in [6, 6.07) is 9.91. The Kier molecular flexibility index (Phi) is 9.62. The highest BCUT2D eigenvalue weighted by atomic mass is 19.4. The van der Waals surface area contributed by atoms with Crippen LogP contribution in [0.25, 0.3) is 16.6 Å². The van der Waals surface area contributed by atoms with Gasteiger partial charge in [-0.3, -0.25) is 9.36 Å². The number of aromatic nitrogens is 2. The molecule has 1 aromatic heterocycles. The van der Waals surface area contributed by atoms with Crippen LogP contribution in [-0.2, 0) is 11.0 Å². The molecule has 224 valence electrons. The molecule has 0 bridgehead atoms. The number of benzene rings is 2. The molecule has 0 spiro atoms. The number of carbonyl (C=O) groups is 1. The standard InChI is InChI=1S/C24H24F5N3O2.C2HF3O2/c1-16-30-20-5-2-4-19(24(27,28)29)21(20)22(33)32(16)17-6-8-18(9-7-17)34-15-3-12-31-13-10-23(25,26)11-14-31;3-2(4,5)1(6)7/h2,4-9H,3,10-15H2,1H3;(H,6,7). The van der Waals surface area contributed by atoms with Crippen LogP contribution in [0, 0.1) is 6.92 Å². The van der Waals surface area contributed by atoms with E-state index in [-0.39, 0.29) is 24.2 Å². The fourth-order valence-electron chi connectivity index (χ4n) is 4.15. The van der Waals surface area contributed by atoms with Crippen molar-refractivity contribution in [3.63, 3.8) is 0 Å². The predicted molar refractivity (Wildman–Crippen MR) is 132 cm³/mol. The Morgan fingerprint density at radius 1 is 1.02 bits per heavy atom. The Morgan fingerprint density at radius 3 is 2.15 bits per heavy atom. The molecule has 0 aliphatic carbocycles. The second-order valence-electron chi connectivity index (χ2n) is 9.19. The number of halogens is 8. The average molecular weight is 595 g/mol. The molecule has 0 saturated carbocycles. The predicted octanol–water partition coefficient (Wildman–Crippen LogP) is 5.85. The number of rotatable bonds is 6.